The summed E-state index contributed by atoms with van der Waals surface area (Å²) in [6, 6.07) is 6.86. The van der Waals surface area contributed by atoms with Crippen LogP contribution in [0.25, 0.3) is 11.1 Å². The molecule has 12 heteroatoms. The van der Waals surface area contributed by atoms with Crippen molar-refractivity contribution in [3.8, 4) is 22.6 Å². The number of aromatic hydroxyl groups is 2. The molecular weight excluding hydrogens is 514 g/mol. The lowest BCUT2D eigenvalue weighted by Gasteiger charge is -2.29. The molecule has 3 rings (SSSR count). The molecule has 0 spiro atoms. The highest BCUT2D eigenvalue weighted by molar-refractivity contribution is 5.93. The fourth-order valence-corrected chi connectivity index (χ4v) is 4.70. The van der Waals surface area contributed by atoms with Crippen LogP contribution in [0.2, 0.25) is 0 Å². The van der Waals surface area contributed by atoms with Crippen LogP contribution in [-0.2, 0) is 27.2 Å². The minimum absolute atomic E-state index is 0.00706. The molecule has 40 heavy (non-hydrogen) atoms. The fourth-order valence-electron chi connectivity index (χ4n) is 4.70. The Labute approximate surface area is 234 Å². The van der Waals surface area contributed by atoms with E-state index in [0.717, 1.165) is 5.56 Å². The summed E-state index contributed by atoms with van der Waals surface area (Å²) >= 11 is 0. The molecule has 0 saturated heterocycles. The van der Waals surface area contributed by atoms with E-state index < -0.39 is 29.9 Å². The molecule has 0 radical (unpaired) electrons. The number of benzene rings is 2. The first-order valence-corrected chi connectivity index (χ1v) is 13.5. The normalized spacial score (nSPS) is 19.6. The molecule has 1 aliphatic heterocycles. The quantitative estimate of drug-likeness (QED) is 0.189. The standard InChI is InChI=1S/C28H41N7O5/c1-32-10-12-35(11-9-30)28(40)23-16-20-14-18(5-7-25(20)37)17-4-6-24(36)19(13-17)15-21(31)26(38)33-22(3-2-8-29)27(39)34-23/h4-7,13-14,21-23,32,36-37H,2-3,8-12,15-16,29-31H2,1H3,(H,33,38)(H,34,39)/t21-,22-,23-/m0/s1. The number of likely N-dealkylation sites (N-methyl/N-ethyl adjacent to an activating group) is 1. The molecule has 0 aromatic heterocycles. The van der Waals surface area contributed by atoms with Crippen molar-refractivity contribution in [3.05, 3.63) is 47.5 Å². The number of carbonyl (C=O) groups is 3. The second-order valence-corrected chi connectivity index (χ2v) is 9.97. The van der Waals surface area contributed by atoms with E-state index in [4.69, 9.17) is 17.2 Å². The van der Waals surface area contributed by atoms with Gasteiger partial charge < -0.3 is 48.3 Å². The Bertz CT molecular complexity index is 1190. The number of hydrogen-bond donors (Lipinski definition) is 8. The molecule has 0 aliphatic carbocycles. The largest absolute Gasteiger partial charge is 0.508 e. The van der Waals surface area contributed by atoms with E-state index in [9.17, 15) is 24.6 Å². The van der Waals surface area contributed by atoms with Gasteiger partial charge in [-0.25, -0.2) is 0 Å². The summed E-state index contributed by atoms with van der Waals surface area (Å²) < 4.78 is 0. The average molecular weight is 556 g/mol. The smallest absolute Gasteiger partial charge is 0.245 e. The minimum atomic E-state index is -1.05. The molecule has 1 aliphatic rings. The van der Waals surface area contributed by atoms with Gasteiger partial charge in [-0.3, -0.25) is 14.4 Å². The van der Waals surface area contributed by atoms with Crippen molar-refractivity contribution in [2.75, 3.05) is 39.8 Å². The van der Waals surface area contributed by atoms with Gasteiger partial charge in [-0.1, -0.05) is 12.1 Å². The highest BCUT2D eigenvalue weighted by Crippen LogP contribution is 2.31. The predicted octanol–water partition coefficient (Wildman–Crippen LogP) is -1.09. The zero-order valence-corrected chi connectivity index (χ0v) is 22.9. The van der Waals surface area contributed by atoms with Crippen molar-refractivity contribution in [2.24, 2.45) is 17.2 Å². The molecule has 0 unspecified atom stereocenters. The average Bonchev–Trinajstić information content (AvgIpc) is 2.94. The van der Waals surface area contributed by atoms with E-state index in [1.54, 1.807) is 36.2 Å². The SMILES string of the molecule is CNCCN(CCN)C(=O)[C@@H]1Cc2cc(ccc2O)-c2ccc(O)c(c2)C[C@H](N)C(=O)N[C@@H](CCCN)C(=O)N1. The number of carbonyl (C=O) groups excluding carboxylic acids is 3. The maximum atomic E-state index is 13.7. The Morgan fingerprint density at radius 3 is 2.15 bits per heavy atom. The monoisotopic (exact) mass is 555 g/mol. The van der Waals surface area contributed by atoms with Crippen LogP contribution in [0.5, 0.6) is 11.5 Å². The lowest BCUT2D eigenvalue weighted by Crippen LogP contribution is -2.57. The van der Waals surface area contributed by atoms with Gasteiger partial charge in [0, 0.05) is 39.0 Å². The molecule has 0 saturated carbocycles. The van der Waals surface area contributed by atoms with Gasteiger partial charge >= 0.3 is 0 Å². The van der Waals surface area contributed by atoms with E-state index in [2.05, 4.69) is 16.0 Å². The third kappa shape index (κ3) is 7.92. The number of phenols is 2. The number of nitrogens with two attached hydrogens (primary N) is 3. The summed E-state index contributed by atoms with van der Waals surface area (Å²) in [6.07, 6.45) is 0.698. The number of fused-ring (bicyclic) bond motifs is 5. The van der Waals surface area contributed by atoms with Gasteiger partial charge in [0.05, 0.1) is 6.04 Å². The molecule has 3 atom stereocenters. The topological polar surface area (TPSA) is 209 Å². The lowest BCUT2D eigenvalue weighted by molar-refractivity contribution is -0.137. The highest BCUT2D eigenvalue weighted by atomic mass is 16.3. The van der Waals surface area contributed by atoms with Crippen LogP contribution in [0.1, 0.15) is 24.0 Å². The summed E-state index contributed by atoms with van der Waals surface area (Å²) in [7, 11) is 1.77. The van der Waals surface area contributed by atoms with Gasteiger partial charge in [-0.2, -0.15) is 0 Å². The minimum Gasteiger partial charge on any atom is -0.508 e. The molecular formula is C28H41N7O5. The summed E-state index contributed by atoms with van der Waals surface area (Å²) in [5.74, 6) is -1.55. The number of phenolic OH excluding ortho intramolecular Hbond substituents is 2. The molecule has 1 heterocycles. The maximum absolute atomic E-state index is 13.7. The van der Waals surface area contributed by atoms with E-state index in [0.29, 0.717) is 42.7 Å². The molecule has 2 aromatic carbocycles. The maximum Gasteiger partial charge on any atom is 0.245 e. The van der Waals surface area contributed by atoms with Crippen molar-refractivity contribution in [1.29, 1.82) is 0 Å². The number of nitrogens with one attached hydrogen (secondary N) is 3. The van der Waals surface area contributed by atoms with Gasteiger partial charge in [-0.15, -0.1) is 0 Å². The predicted molar refractivity (Wildman–Crippen MR) is 152 cm³/mol. The van der Waals surface area contributed by atoms with E-state index >= 15 is 0 Å². The van der Waals surface area contributed by atoms with Crippen molar-refractivity contribution in [2.45, 2.75) is 43.8 Å². The summed E-state index contributed by atoms with van der Waals surface area (Å²) in [6.45, 7) is 1.68. The van der Waals surface area contributed by atoms with Gasteiger partial charge in [0.25, 0.3) is 0 Å². The summed E-state index contributed by atoms with van der Waals surface area (Å²) in [5, 5.41) is 29.7. The van der Waals surface area contributed by atoms with Crippen LogP contribution in [-0.4, -0.2) is 90.7 Å². The van der Waals surface area contributed by atoms with Crippen molar-refractivity contribution >= 4 is 17.7 Å². The number of rotatable bonds is 9. The Hall–Kier alpha value is -3.71. The summed E-state index contributed by atoms with van der Waals surface area (Å²) in [4.78, 5) is 41.9. The van der Waals surface area contributed by atoms with Gasteiger partial charge in [0.2, 0.25) is 17.7 Å². The fraction of sp³-hybridized carbons (Fsp3) is 0.464. The third-order valence-corrected chi connectivity index (χ3v) is 6.98. The second-order valence-electron chi connectivity index (χ2n) is 9.97. The van der Waals surface area contributed by atoms with Crippen LogP contribution in [0.15, 0.2) is 36.4 Å². The molecule has 218 valence electrons. The first-order chi connectivity index (χ1) is 19.2. The first kappa shape index (κ1) is 30.8. The number of nitrogens with zero attached hydrogens (tertiary/aromatic N) is 1. The zero-order chi connectivity index (χ0) is 29.2. The summed E-state index contributed by atoms with van der Waals surface area (Å²) in [5.41, 5.74) is 20.0. The van der Waals surface area contributed by atoms with Gasteiger partial charge in [0.1, 0.15) is 23.6 Å². The number of amides is 3. The highest BCUT2D eigenvalue weighted by Gasteiger charge is 2.31. The molecule has 11 N–H and O–H groups in total. The van der Waals surface area contributed by atoms with E-state index in [-0.39, 0.29) is 49.8 Å². The molecule has 3 amide bonds. The van der Waals surface area contributed by atoms with Gasteiger partial charge in [-0.05, 0) is 73.0 Å². The first-order valence-electron chi connectivity index (χ1n) is 13.5. The third-order valence-electron chi connectivity index (χ3n) is 6.98. The van der Waals surface area contributed by atoms with Crippen LogP contribution in [0.3, 0.4) is 0 Å². The Balaban J connectivity index is 2.11. The van der Waals surface area contributed by atoms with Crippen molar-refractivity contribution < 1.29 is 24.6 Å². The lowest BCUT2D eigenvalue weighted by atomic mass is 9.95. The Kier molecular flexibility index (Phi) is 11.3. The zero-order valence-electron chi connectivity index (χ0n) is 22.9. The van der Waals surface area contributed by atoms with Crippen LogP contribution >= 0.6 is 0 Å². The second kappa shape index (κ2) is 14.6. The van der Waals surface area contributed by atoms with Crippen molar-refractivity contribution in [3.63, 3.8) is 0 Å². The van der Waals surface area contributed by atoms with Crippen LogP contribution in [0.4, 0.5) is 0 Å². The van der Waals surface area contributed by atoms with Crippen molar-refractivity contribution in [1.82, 2.24) is 20.9 Å². The molecule has 2 aromatic rings. The Morgan fingerprint density at radius 2 is 1.57 bits per heavy atom. The van der Waals surface area contributed by atoms with Crippen LogP contribution < -0.4 is 33.2 Å². The number of hydrogen-bond acceptors (Lipinski definition) is 9. The Morgan fingerprint density at radius 1 is 0.950 bits per heavy atom. The van der Waals surface area contributed by atoms with E-state index in [1.165, 1.54) is 12.1 Å². The molecule has 4 bridgehead atoms. The molecule has 12 nitrogen and oxygen atoms in total. The van der Waals surface area contributed by atoms with E-state index in [1.807, 2.05) is 0 Å². The van der Waals surface area contributed by atoms with Gasteiger partial charge in [0.15, 0.2) is 0 Å². The molecule has 0 fully saturated rings. The van der Waals surface area contributed by atoms with Crippen LogP contribution in [0, 0.1) is 0 Å².